The van der Waals surface area contributed by atoms with Crippen LogP contribution in [-0.2, 0) is 11.2 Å². The number of amides is 1. The molecule has 3 nitrogen and oxygen atoms in total. The molecule has 0 spiro atoms. The van der Waals surface area contributed by atoms with Crippen LogP contribution in [0.5, 0.6) is 5.75 Å². The molecule has 114 valence electrons. The van der Waals surface area contributed by atoms with Crippen molar-refractivity contribution >= 4 is 11.6 Å². The summed E-state index contributed by atoms with van der Waals surface area (Å²) in [5.74, 6) is -2.40. The van der Waals surface area contributed by atoms with E-state index in [1.807, 2.05) is 37.3 Å². The van der Waals surface area contributed by atoms with Crippen LogP contribution in [0.3, 0.4) is 0 Å². The minimum absolute atomic E-state index is 0.133. The summed E-state index contributed by atoms with van der Waals surface area (Å²) in [6.07, 6.45) is 0.198. The van der Waals surface area contributed by atoms with Crippen molar-refractivity contribution in [2.45, 2.75) is 19.4 Å². The Kier molecular flexibility index (Phi) is 3.79. The molecule has 0 aromatic heterocycles. The molecule has 0 fully saturated rings. The van der Waals surface area contributed by atoms with Crippen molar-refractivity contribution < 1.29 is 18.3 Å². The van der Waals surface area contributed by atoms with Crippen LogP contribution in [0.4, 0.5) is 14.5 Å². The Morgan fingerprint density at radius 2 is 1.95 bits per heavy atom. The zero-order valence-corrected chi connectivity index (χ0v) is 12.1. The van der Waals surface area contributed by atoms with Gasteiger partial charge < -0.3 is 9.64 Å². The first kappa shape index (κ1) is 14.5. The molecule has 1 amide bonds. The van der Waals surface area contributed by atoms with Gasteiger partial charge in [0.1, 0.15) is 6.61 Å². The number of nitrogens with zero attached hydrogens (tertiary/aromatic N) is 1. The lowest BCUT2D eigenvalue weighted by Gasteiger charge is -2.35. The van der Waals surface area contributed by atoms with Crippen LogP contribution in [0.15, 0.2) is 42.5 Å². The number of hydrogen-bond donors (Lipinski definition) is 0. The van der Waals surface area contributed by atoms with E-state index in [0.717, 1.165) is 11.6 Å². The van der Waals surface area contributed by atoms with Crippen LogP contribution in [0.1, 0.15) is 12.5 Å². The molecule has 1 unspecified atom stereocenters. The van der Waals surface area contributed by atoms with E-state index >= 15 is 0 Å². The fourth-order valence-corrected chi connectivity index (χ4v) is 2.60. The Balaban J connectivity index is 1.94. The average molecular weight is 303 g/mol. The molecule has 2 aromatic rings. The van der Waals surface area contributed by atoms with E-state index < -0.39 is 11.6 Å². The van der Waals surface area contributed by atoms with E-state index in [2.05, 4.69) is 0 Å². The standard InChI is InChI=1S/C17H15F2NO2/c1-11-10-22-17-14(8-7-13(18)16(17)19)20(11)15(21)9-12-5-3-2-4-6-12/h2-8,11H,9-10H2,1H3. The maximum Gasteiger partial charge on any atom is 0.231 e. The predicted octanol–water partition coefficient (Wildman–Crippen LogP) is 3.32. The highest BCUT2D eigenvalue weighted by Crippen LogP contribution is 2.37. The summed E-state index contributed by atoms with van der Waals surface area (Å²) in [7, 11) is 0. The molecule has 1 heterocycles. The number of anilines is 1. The molecule has 0 saturated carbocycles. The number of carbonyl (C=O) groups excluding carboxylic acids is 1. The lowest BCUT2D eigenvalue weighted by atomic mass is 10.1. The molecule has 0 saturated heterocycles. The van der Waals surface area contributed by atoms with Gasteiger partial charge >= 0.3 is 0 Å². The van der Waals surface area contributed by atoms with Crippen molar-refractivity contribution in [1.29, 1.82) is 0 Å². The Morgan fingerprint density at radius 3 is 2.68 bits per heavy atom. The van der Waals surface area contributed by atoms with E-state index in [1.54, 1.807) is 0 Å². The normalized spacial score (nSPS) is 16.9. The zero-order valence-electron chi connectivity index (χ0n) is 12.1. The monoisotopic (exact) mass is 303 g/mol. The van der Waals surface area contributed by atoms with Gasteiger partial charge in [0, 0.05) is 0 Å². The Morgan fingerprint density at radius 1 is 1.23 bits per heavy atom. The number of fused-ring (bicyclic) bond motifs is 1. The van der Waals surface area contributed by atoms with Crippen LogP contribution >= 0.6 is 0 Å². The second-order valence-corrected chi connectivity index (χ2v) is 5.30. The Labute approximate surface area is 127 Å². The second-order valence-electron chi connectivity index (χ2n) is 5.30. The molecule has 0 radical (unpaired) electrons. The first-order valence-corrected chi connectivity index (χ1v) is 7.04. The van der Waals surface area contributed by atoms with Gasteiger partial charge in [0.2, 0.25) is 11.7 Å². The van der Waals surface area contributed by atoms with E-state index in [9.17, 15) is 13.6 Å². The topological polar surface area (TPSA) is 29.5 Å². The quantitative estimate of drug-likeness (QED) is 0.852. The van der Waals surface area contributed by atoms with Gasteiger partial charge in [-0.1, -0.05) is 30.3 Å². The van der Waals surface area contributed by atoms with Crippen LogP contribution in [-0.4, -0.2) is 18.6 Å². The average Bonchev–Trinajstić information content (AvgIpc) is 2.51. The fraction of sp³-hybridized carbons (Fsp3) is 0.235. The summed E-state index contributed by atoms with van der Waals surface area (Å²) < 4.78 is 32.4. The SMILES string of the molecule is CC1COc2c(ccc(F)c2F)N1C(=O)Cc1ccccc1. The molecule has 0 N–H and O–H groups in total. The van der Waals surface area contributed by atoms with Crippen LogP contribution in [0.2, 0.25) is 0 Å². The van der Waals surface area contributed by atoms with Gasteiger partial charge in [-0.3, -0.25) is 4.79 Å². The van der Waals surface area contributed by atoms with Crippen molar-refractivity contribution in [1.82, 2.24) is 0 Å². The fourth-order valence-electron chi connectivity index (χ4n) is 2.60. The van der Waals surface area contributed by atoms with Crippen molar-refractivity contribution in [3.63, 3.8) is 0 Å². The summed E-state index contributed by atoms with van der Waals surface area (Å²) in [5, 5.41) is 0. The van der Waals surface area contributed by atoms with Crippen LogP contribution in [0.25, 0.3) is 0 Å². The minimum Gasteiger partial charge on any atom is -0.486 e. The largest absolute Gasteiger partial charge is 0.486 e. The third-order valence-electron chi connectivity index (χ3n) is 3.67. The highest BCUT2D eigenvalue weighted by Gasteiger charge is 2.32. The Hall–Kier alpha value is -2.43. The van der Waals surface area contributed by atoms with Gasteiger partial charge in [0.25, 0.3) is 0 Å². The van der Waals surface area contributed by atoms with Crippen molar-refractivity contribution in [3.8, 4) is 5.75 Å². The molecule has 1 aliphatic heterocycles. The molecule has 1 atom stereocenters. The number of carbonyl (C=O) groups is 1. The van der Waals surface area contributed by atoms with Gasteiger partial charge in [-0.05, 0) is 24.6 Å². The van der Waals surface area contributed by atoms with Crippen molar-refractivity contribution in [2.24, 2.45) is 0 Å². The smallest absolute Gasteiger partial charge is 0.231 e. The molecule has 5 heteroatoms. The van der Waals surface area contributed by atoms with Gasteiger partial charge in [0.15, 0.2) is 11.6 Å². The number of rotatable bonds is 2. The third-order valence-corrected chi connectivity index (χ3v) is 3.67. The predicted molar refractivity (Wildman–Crippen MR) is 78.9 cm³/mol. The number of benzene rings is 2. The first-order chi connectivity index (χ1) is 10.6. The molecule has 22 heavy (non-hydrogen) atoms. The first-order valence-electron chi connectivity index (χ1n) is 7.04. The third kappa shape index (κ3) is 2.54. The maximum absolute atomic E-state index is 13.8. The summed E-state index contributed by atoms with van der Waals surface area (Å²) in [6.45, 7) is 1.95. The molecular weight excluding hydrogens is 288 g/mol. The highest BCUT2D eigenvalue weighted by atomic mass is 19.2. The Bertz CT molecular complexity index is 703. The maximum atomic E-state index is 13.8. The number of ether oxygens (including phenoxy) is 1. The van der Waals surface area contributed by atoms with Gasteiger partial charge in [-0.15, -0.1) is 0 Å². The summed E-state index contributed by atoms with van der Waals surface area (Å²) >= 11 is 0. The summed E-state index contributed by atoms with van der Waals surface area (Å²) in [5.41, 5.74) is 1.15. The van der Waals surface area contributed by atoms with Crippen LogP contribution < -0.4 is 9.64 Å². The van der Waals surface area contributed by atoms with Gasteiger partial charge in [-0.25, -0.2) is 4.39 Å². The molecular formula is C17H15F2NO2. The van der Waals surface area contributed by atoms with Crippen LogP contribution in [0, 0.1) is 11.6 Å². The molecule has 0 aliphatic carbocycles. The number of hydrogen-bond acceptors (Lipinski definition) is 2. The number of halogens is 2. The van der Waals surface area contributed by atoms with Crippen molar-refractivity contribution in [3.05, 3.63) is 59.7 Å². The van der Waals surface area contributed by atoms with E-state index in [4.69, 9.17) is 4.74 Å². The molecule has 3 rings (SSSR count). The molecule has 0 bridgehead atoms. The van der Waals surface area contributed by atoms with E-state index in [1.165, 1.54) is 11.0 Å². The summed E-state index contributed by atoms with van der Waals surface area (Å²) in [4.78, 5) is 14.1. The molecule has 2 aromatic carbocycles. The van der Waals surface area contributed by atoms with Crippen molar-refractivity contribution in [2.75, 3.05) is 11.5 Å². The lowest BCUT2D eigenvalue weighted by molar-refractivity contribution is -0.118. The van der Waals surface area contributed by atoms with Gasteiger partial charge in [-0.2, -0.15) is 4.39 Å². The minimum atomic E-state index is -1.05. The summed E-state index contributed by atoms with van der Waals surface area (Å²) in [6, 6.07) is 11.4. The second kappa shape index (κ2) is 5.75. The van der Waals surface area contributed by atoms with Gasteiger partial charge in [0.05, 0.1) is 18.2 Å². The highest BCUT2D eigenvalue weighted by molar-refractivity contribution is 5.97. The lowest BCUT2D eigenvalue weighted by Crippen LogP contribution is -2.46. The zero-order chi connectivity index (χ0) is 15.7. The van der Waals surface area contributed by atoms with E-state index in [0.29, 0.717) is 0 Å². The van der Waals surface area contributed by atoms with E-state index in [-0.39, 0.29) is 36.4 Å². The molecule has 1 aliphatic rings.